The molecule has 10 nitrogen and oxygen atoms in total. The van der Waals surface area contributed by atoms with Crippen LogP contribution >= 0.6 is 11.6 Å². The second-order valence-electron chi connectivity index (χ2n) is 12.7. The number of nitrogens with zero attached hydrogens (tertiary/aromatic N) is 8. The van der Waals surface area contributed by atoms with Crippen molar-refractivity contribution in [2.45, 2.75) is 66.6 Å². The first-order valence-corrected chi connectivity index (χ1v) is 16.6. The first kappa shape index (κ1) is 36.3. The van der Waals surface area contributed by atoms with Gasteiger partial charge in [-0.25, -0.2) is 19.9 Å². The minimum atomic E-state index is -0.307. The highest BCUT2D eigenvalue weighted by atomic mass is 35.5. The maximum Gasteiger partial charge on any atom is 0.496 e. The Kier molecular flexibility index (Phi) is 11.4. The summed E-state index contributed by atoms with van der Waals surface area (Å²) in [7, 11) is -0.307. The van der Waals surface area contributed by atoms with Crippen molar-refractivity contribution < 1.29 is 9.31 Å². The highest BCUT2D eigenvalue weighted by Gasteiger charge is 2.52. The van der Waals surface area contributed by atoms with Crippen molar-refractivity contribution in [1.29, 1.82) is 0 Å². The highest BCUT2D eigenvalue weighted by Crippen LogP contribution is 2.36. The monoisotopic (exact) mass is 686 g/mol. The minimum Gasteiger partial charge on any atom is -0.399 e. The van der Waals surface area contributed by atoms with Crippen LogP contribution < -0.4 is 5.46 Å². The van der Waals surface area contributed by atoms with E-state index in [1.165, 1.54) is 6.33 Å². The average molecular weight is 687 g/mol. The van der Waals surface area contributed by atoms with Gasteiger partial charge in [0, 0.05) is 75.8 Å². The summed E-state index contributed by atoms with van der Waals surface area (Å²) in [6, 6.07) is 19.3. The van der Waals surface area contributed by atoms with Gasteiger partial charge in [0.05, 0.1) is 28.3 Å². The van der Waals surface area contributed by atoms with Crippen molar-refractivity contribution in [2.24, 2.45) is 0 Å². The van der Waals surface area contributed by atoms with Crippen LogP contribution in [0.15, 0.2) is 98.1 Å². The number of aromatic nitrogens is 8. The van der Waals surface area contributed by atoms with Gasteiger partial charge in [-0.1, -0.05) is 17.7 Å². The summed E-state index contributed by atoms with van der Waals surface area (Å²) in [5.41, 5.74) is 9.83. The van der Waals surface area contributed by atoms with E-state index in [4.69, 9.17) is 20.9 Å². The van der Waals surface area contributed by atoms with Crippen molar-refractivity contribution in [3.05, 3.63) is 126 Å². The second-order valence-corrected chi connectivity index (χ2v) is 13.1. The smallest absolute Gasteiger partial charge is 0.399 e. The topological polar surface area (TPSA) is 122 Å². The van der Waals surface area contributed by atoms with Gasteiger partial charge in [-0.3, -0.25) is 19.9 Å². The van der Waals surface area contributed by atoms with Crippen LogP contribution in [0.5, 0.6) is 0 Å². The van der Waals surface area contributed by atoms with Crippen LogP contribution in [0.2, 0.25) is 5.15 Å². The average Bonchev–Trinajstić information content (AvgIpc) is 3.32. The molecule has 0 amide bonds. The molecule has 7 rings (SSSR count). The van der Waals surface area contributed by atoms with Crippen molar-refractivity contribution in [3.63, 3.8) is 0 Å². The number of hydrogen-bond donors (Lipinski definition) is 0. The minimum absolute atomic E-state index is 0.292. The molecule has 12 heteroatoms. The van der Waals surface area contributed by atoms with E-state index in [0.717, 1.165) is 62.0 Å². The zero-order chi connectivity index (χ0) is 35.9. The number of pyridine rings is 4. The fourth-order valence-electron chi connectivity index (χ4n) is 5.11. The van der Waals surface area contributed by atoms with Gasteiger partial charge in [-0.2, -0.15) is 0 Å². The maximum absolute atomic E-state index is 5.97. The Hall–Kier alpha value is -4.97. The van der Waals surface area contributed by atoms with E-state index in [0.29, 0.717) is 5.15 Å². The molecule has 254 valence electrons. The third-order valence-electron chi connectivity index (χ3n) is 8.70. The zero-order valence-electron chi connectivity index (χ0n) is 29.6. The van der Waals surface area contributed by atoms with Gasteiger partial charge in [0.25, 0.3) is 0 Å². The Morgan fingerprint density at radius 1 is 0.500 bits per heavy atom. The lowest BCUT2D eigenvalue weighted by molar-refractivity contribution is 0.00578. The van der Waals surface area contributed by atoms with Crippen LogP contribution in [-0.2, 0) is 9.31 Å². The molecule has 0 radical (unpaired) electrons. The molecule has 0 saturated carbocycles. The molecule has 0 aromatic carbocycles. The molecule has 1 aliphatic heterocycles. The third kappa shape index (κ3) is 8.60. The zero-order valence-corrected chi connectivity index (χ0v) is 30.3. The molecule has 1 aliphatic rings. The van der Waals surface area contributed by atoms with Crippen LogP contribution in [-0.4, -0.2) is 58.2 Å². The van der Waals surface area contributed by atoms with Gasteiger partial charge in [0.2, 0.25) is 0 Å². The predicted octanol–water partition coefficient (Wildman–Crippen LogP) is 7.41. The molecule has 6 aromatic rings. The number of halogens is 1. The molecule has 0 N–H and O–H groups in total. The summed E-state index contributed by atoms with van der Waals surface area (Å²) in [4.78, 5) is 33.7. The SMILES string of the molecule is Cc1ncccc1-c1cc(-c2cccnc2C)ncn1.Cc1ncccc1-c1cc(Cl)ncn1.Cc1ncccc1B1OC(C)(C)C(C)(C)O1. The molecule has 50 heavy (non-hydrogen) atoms. The van der Waals surface area contributed by atoms with Gasteiger partial charge in [0.1, 0.15) is 17.8 Å². The molecule has 1 fully saturated rings. The molecule has 0 aliphatic carbocycles. The van der Waals surface area contributed by atoms with Crippen LogP contribution in [0.25, 0.3) is 33.8 Å². The molecule has 0 spiro atoms. The van der Waals surface area contributed by atoms with Gasteiger partial charge >= 0.3 is 7.12 Å². The largest absolute Gasteiger partial charge is 0.496 e. The fourth-order valence-corrected chi connectivity index (χ4v) is 5.26. The summed E-state index contributed by atoms with van der Waals surface area (Å²) in [6.07, 6.45) is 10.1. The first-order chi connectivity index (χ1) is 23.9. The Morgan fingerprint density at radius 3 is 1.28 bits per heavy atom. The summed E-state index contributed by atoms with van der Waals surface area (Å²) in [5.74, 6) is 0. The Labute approximate surface area is 299 Å². The van der Waals surface area contributed by atoms with E-state index in [1.807, 2.05) is 82.3 Å². The van der Waals surface area contributed by atoms with E-state index >= 15 is 0 Å². The number of rotatable bonds is 4. The Balaban J connectivity index is 0.000000148. The van der Waals surface area contributed by atoms with Crippen LogP contribution in [0, 0.1) is 27.7 Å². The van der Waals surface area contributed by atoms with E-state index in [1.54, 1.807) is 37.2 Å². The maximum atomic E-state index is 5.97. The fraction of sp³-hybridized carbons (Fsp3) is 0.263. The van der Waals surface area contributed by atoms with Crippen LogP contribution in [0.1, 0.15) is 50.5 Å². The summed E-state index contributed by atoms with van der Waals surface area (Å²) < 4.78 is 11.9. The Bertz CT molecular complexity index is 2000. The predicted molar refractivity (Wildman–Crippen MR) is 198 cm³/mol. The summed E-state index contributed by atoms with van der Waals surface area (Å²) >= 11 is 5.78. The standard InChI is InChI=1S/C16H14N4.C12H18BNO2.C10H8ClN3/c1-11-13(5-3-7-17-11)15-9-16(20-10-19-15)14-6-4-8-18-12(14)2;1-9-10(7-6-8-14-9)13-15-11(2,3)12(4,5)16-13;1-7-8(3-2-4-12-7)9-5-10(11)14-6-13-9/h3-10H,1-2H3;6-8H,1-5H3;2-6H,1H3. The first-order valence-electron chi connectivity index (χ1n) is 16.2. The van der Waals surface area contributed by atoms with Crippen molar-refractivity contribution in [1.82, 2.24) is 39.9 Å². The lowest BCUT2D eigenvalue weighted by Gasteiger charge is -2.32. The molecule has 0 bridgehead atoms. The molecule has 7 heterocycles. The van der Waals surface area contributed by atoms with E-state index in [-0.39, 0.29) is 18.3 Å². The van der Waals surface area contributed by atoms with E-state index in [2.05, 4.69) is 67.6 Å². The molecule has 0 unspecified atom stereocenters. The molecule has 0 atom stereocenters. The van der Waals surface area contributed by atoms with E-state index < -0.39 is 0 Å². The number of hydrogen-bond acceptors (Lipinski definition) is 10. The van der Waals surface area contributed by atoms with Gasteiger partial charge in [-0.15, -0.1) is 0 Å². The molecule has 1 saturated heterocycles. The van der Waals surface area contributed by atoms with E-state index in [9.17, 15) is 0 Å². The van der Waals surface area contributed by atoms with Crippen molar-refractivity contribution in [2.75, 3.05) is 0 Å². The quantitative estimate of drug-likeness (QED) is 0.137. The van der Waals surface area contributed by atoms with Gasteiger partial charge in [-0.05, 0) is 104 Å². The molecule has 6 aromatic heterocycles. The van der Waals surface area contributed by atoms with Gasteiger partial charge < -0.3 is 9.31 Å². The normalized spacial score (nSPS) is 14.2. The lowest BCUT2D eigenvalue weighted by atomic mass is 9.78. The molecular formula is C38H40BClN8O2. The second kappa shape index (κ2) is 15.7. The summed E-state index contributed by atoms with van der Waals surface area (Å²) in [5, 5.41) is 0.443. The van der Waals surface area contributed by atoms with Crippen molar-refractivity contribution >= 4 is 24.2 Å². The van der Waals surface area contributed by atoms with Crippen LogP contribution in [0.4, 0.5) is 0 Å². The van der Waals surface area contributed by atoms with Crippen LogP contribution in [0.3, 0.4) is 0 Å². The lowest BCUT2D eigenvalue weighted by Crippen LogP contribution is -2.41. The third-order valence-corrected chi connectivity index (χ3v) is 8.91. The Morgan fingerprint density at radius 2 is 0.880 bits per heavy atom. The molecular weight excluding hydrogens is 647 g/mol. The highest BCUT2D eigenvalue weighted by molar-refractivity contribution is 6.62. The van der Waals surface area contributed by atoms with Crippen molar-refractivity contribution in [3.8, 4) is 33.8 Å². The number of aryl methyl sites for hydroxylation is 4. The summed E-state index contributed by atoms with van der Waals surface area (Å²) in [6.45, 7) is 16.1. The van der Waals surface area contributed by atoms with Gasteiger partial charge in [0.15, 0.2) is 0 Å².